The fourth-order valence-electron chi connectivity index (χ4n) is 5.96. The molecular weight excluding hydrogens is 312 g/mol. The van der Waals surface area contributed by atoms with Crippen LogP contribution in [0.25, 0.3) is 5.65 Å². The van der Waals surface area contributed by atoms with Crippen molar-refractivity contribution in [1.29, 1.82) is 0 Å². The zero-order valence-corrected chi connectivity index (χ0v) is 14.6. The number of urea groups is 1. The van der Waals surface area contributed by atoms with Crippen LogP contribution in [-0.2, 0) is 6.42 Å². The lowest BCUT2D eigenvalue weighted by atomic mass is 9.53. The molecule has 2 aromatic rings. The highest BCUT2D eigenvalue weighted by atomic mass is 16.2. The van der Waals surface area contributed by atoms with Crippen molar-refractivity contribution >= 4 is 11.7 Å². The van der Waals surface area contributed by atoms with E-state index in [1.165, 1.54) is 38.5 Å². The summed E-state index contributed by atoms with van der Waals surface area (Å²) in [6.45, 7) is 0.627. The molecule has 0 unspecified atom stereocenters. The van der Waals surface area contributed by atoms with Crippen molar-refractivity contribution in [2.24, 2.45) is 17.8 Å². The number of imidazole rings is 1. The number of nitrogens with one attached hydrogen (secondary N) is 2. The molecule has 4 aliphatic rings. The minimum atomic E-state index is 0.00529. The molecule has 132 valence electrons. The molecule has 0 radical (unpaired) electrons. The Bertz CT molecular complexity index is 728. The molecule has 5 heteroatoms. The maximum Gasteiger partial charge on any atom is 0.315 e. The Morgan fingerprint density at radius 3 is 2.56 bits per heavy atom. The number of nitrogens with zero attached hydrogens (tertiary/aromatic N) is 2. The van der Waals surface area contributed by atoms with Crippen LogP contribution in [0.1, 0.15) is 44.2 Å². The Labute approximate surface area is 148 Å². The van der Waals surface area contributed by atoms with E-state index < -0.39 is 0 Å². The molecule has 2 N–H and O–H groups in total. The van der Waals surface area contributed by atoms with Crippen molar-refractivity contribution in [1.82, 2.24) is 20.0 Å². The van der Waals surface area contributed by atoms with Gasteiger partial charge in [0.05, 0.1) is 5.69 Å². The van der Waals surface area contributed by atoms with E-state index in [0.717, 1.165) is 35.5 Å². The van der Waals surface area contributed by atoms with Crippen LogP contribution in [0.5, 0.6) is 0 Å². The van der Waals surface area contributed by atoms with Crippen molar-refractivity contribution in [3.8, 4) is 0 Å². The van der Waals surface area contributed by atoms with Crippen molar-refractivity contribution in [2.75, 3.05) is 6.54 Å². The standard InChI is InChI=1S/C20H26N4O/c25-19(21-5-4-17-13-24-6-2-1-3-18(24)22-17)23-20-10-14-7-15(11-20)9-16(8-14)12-20/h1-3,6,13-16H,4-5,7-12H2,(H2,21,23,25). The van der Waals surface area contributed by atoms with Crippen LogP contribution < -0.4 is 10.6 Å². The van der Waals surface area contributed by atoms with Gasteiger partial charge in [-0.1, -0.05) is 6.07 Å². The number of aromatic nitrogens is 2. The summed E-state index contributed by atoms with van der Waals surface area (Å²) < 4.78 is 2.02. The van der Waals surface area contributed by atoms with E-state index in [-0.39, 0.29) is 11.6 Å². The minimum absolute atomic E-state index is 0.00529. The van der Waals surface area contributed by atoms with Crippen LogP contribution in [-0.4, -0.2) is 27.5 Å². The number of pyridine rings is 1. The van der Waals surface area contributed by atoms with Crippen LogP contribution in [0.4, 0.5) is 4.79 Å². The Kier molecular flexibility index (Phi) is 3.50. The second-order valence-electron chi connectivity index (χ2n) is 8.53. The Morgan fingerprint density at radius 2 is 1.88 bits per heavy atom. The van der Waals surface area contributed by atoms with Gasteiger partial charge in [-0.25, -0.2) is 9.78 Å². The maximum atomic E-state index is 12.4. The molecule has 2 aromatic heterocycles. The summed E-state index contributed by atoms with van der Waals surface area (Å²) in [5, 5.41) is 6.41. The van der Waals surface area contributed by atoms with Gasteiger partial charge >= 0.3 is 6.03 Å². The summed E-state index contributed by atoms with van der Waals surface area (Å²) in [5.41, 5.74) is 2.05. The first-order valence-corrected chi connectivity index (χ1v) is 9.66. The van der Waals surface area contributed by atoms with Crippen molar-refractivity contribution in [3.05, 3.63) is 36.3 Å². The van der Waals surface area contributed by atoms with Gasteiger partial charge in [-0.3, -0.25) is 0 Å². The molecule has 6 rings (SSSR count). The molecule has 25 heavy (non-hydrogen) atoms. The first-order chi connectivity index (χ1) is 12.2. The highest BCUT2D eigenvalue weighted by Gasteiger charge is 2.51. The van der Waals surface area contributed by atoms with Crippen LogP contribution in [0, 0.1) is 17.8 Å². The van der Waals surface area contributed by atoms with Gasteiger partial charge in [0, 0.05) is 30.9 Å². The summed E-state index contributed by atoms with van der Waals surface area (Å²) in [5.74, 6) is 2.55. The van der Waals surface area contributed by atoms with Crippen molar-refractivity contribution in [3.63, 3.8) is 0 Å². The predicted octanol–water partition coefficient (Wildman–Crippen LogP) is 3.14. The average Bonchev–Trinajstić information content (AvgIpc) is 2.95. The first kappa shape index (κ1) is 15.2. The molecule has 0 saturated heterocycles. The number of carbonyl (C=O) groups is 1. The molecule has 0 atom stereocenters. The lowest BCUT2D eigenvalue weighted by Gasteiger charge is -2.56. The van der Waals surface area contributed by atoms with Gasteiger partial charge in [-0.15, -0.1) is 0 Å². The fraction of sp³-hybridized carbons (Fsp3) is 0.600. The largest absolute Gasteiger partial charge is 0.338 e. The third-order valence-electron chi connectivity index (χ3n) is 6.50. The van der Waals surface area contributed by atoms with E-state index in [2.05, 4.69) is 15.6 Å². The van der Waals surface area contributed by atoms with Crippen molar-refractivity contribution < 1.29 is 4.79 Å². The molecule has 0 spiro atoms. The van der Waals surface area contributed by atoms with E-state index in [1.54, 1.807) is 0 Å². The second-order valence-corrected chi connectivity index (χ2v) is 8.53. The molecule has 4 saturated carbocycles. The molecule has 0 aliphatic heterocycles. The SMILES string of the molecule is O=C(NCCc1cn2ccccc2n1)NC12CC3CC(CC(C3)C1)C2. The van der Waals surface area contributed by atoms with Crippen LogP contribution in [0.15, 0.2) is 30.6 Å². The average molecular weight is 338 g/mol. The van der Waals surface area contributed by atoms with Gasteiger partial charge in [-0.2, -0.15) is 0 Å². The third-order valence-corrected chi connectivity index (χ3v) is 6.50. The van der Waals surface area contributed by atoms with Gasteiger partial charge in [0.15, 0.2) is 0 Å². The zero-order chi connectivity index (χ0) is 16.9. The summed E-state index contributed by atoms with van der Waals surface area (Å²) in [4.78, 5) is 17.0. The number of carbonyl (C=O) groups excluding carboxylic acids is 1. The number of fused-ring (bicyclic) bond motifs is 1. The predicted molar refractivity (Wildman–Crippen MR) is 96.3 cm³/mol. The molecule has 2 heterocycles. The normalized spacial score (nSPS) is 32.9. The Balaban J connectivity index is 1.16. The summed E-state index contributed by atoms with van der Waals surface area (Å²) in [6, 6.07) is 5.99. The smallest absolute Gasteiger partial charge is 0.315 e. The quantitative estimate of drug-likeness (QED) is 0.900. The lowest BCUT2D eigenvalue weighted by molar-refractivity contribution is -0.0135. The van der Waals surface area contributed by atoms with Crippen LogP contribution in [0.2, 0.25) is 0 Å². The first-order valence-electron chi connectivity index (χ1n) is 9.66. The third kappa shape index (κ3) is 2.90. The van der Waals surface area contributed by atoms with Gasteiger partial charge < -0.3 is 15.0 Å². The molecule has 0 aromatic carbocycles. The monoisotopic (exact) mass is 338 g/mol. The Morgan fingerprint density at radius 1 is 1.16 bits per heavy atom. The maximum absolute atomic E-state index is 12.4. The number of amides is 2. The van der Waals surface area contributed by atoms with E-state index >= 15 is 0 Å². The van der Waals surface area contributed by atoms with Crippen LogP contribution in [0.3, 0.4) is 0 Å². The van der Waals surface area contributed by atoms with E-state index in [0.29, 0.717) is 6.54 Å². The van der Waals surface area contributed by atoms with E-state index in [1.807, 2.05) is 35.0 Å². The van der Waals surface area contributed by atoms with E-state index in [4.69, 9.17) is 0 Å². The molecule has 2 amide bonds. The Hall–Kier alpha value is -2.04. The van der Waals surface area contributed by atoms with Gasteiger partial charge in [0.2, 0.25) is 0 Å². The molecule has 4 bridgehead atoms. The van der Waals surface area contributed by atoms with Gasteiger partial charge in [-0.05, 0) is 68.4 Å². The van der Waals surface area contributed by atoms with Gasteiger partial charge in [0.25, 0.3) is 0 Å². The topological polar surface area (TPSA) is 58.4 Å². The van der Waals surface area contributed by atoms with E-state index in [9.17, 15) is 4.79 Å². The molecule has 4 aliphatic carbocycles. The summed E-state index contributed by atoms with van der Waals surface area (Å²) >= 11 is 0. The minimum Gasteiger partial charge on any atom is -0.338 e. The molecule has 4 fully saturated rings. The van der Waals surface area contributed by atoms with Gasteiger partial charge in [0.1, 0.15) is 5.65 Å². The zero-order valence-electron chi connectivity index (χ0n) is 14.6. The fourth-order valence-corrected chi connectivity index (χ4v) is 5.96. The highest BCUT2D eigenvalue weighted by molar-refractivity contribution is 5.74. The lowest BCUT2D eigenvalue weighted by Crippen LogP contribution is -2.61. The summed E-state index contributed by atoms with van der Waals surface area (Å²) in [7, 11) is 0. The number of rotatable bonds is 4. The van der Waals surface area contributed by atoms with Crippen molar-refractivity contribution in [2.45, 2.75) is 50.5 Å². The second kappa shape index (κ2) is 5.75. The number of hydrogen-bond donors (Lipinski definition) is 2. The van der Waals surface area contributed by atoms with Crippen LogP contribution >= 0.6 is 0 Å². The molecule has 5 nitrogen and oxygen atoms in total. The number of hydrogen-bond acceptors (Lipinski definition) is 2. The highest BCUT2D eigenvalue weighted by Crippen LogP contribution is 2.55. The summed E-state index contributed by atoms with van der Waals surface area (Å²) in [6.07, 6.45) is 12.6. The molecular formula is C20H26N4O.